The van der Waals surface area contributed by atoms with Crippen LogP contribution in [-0.2, 0) is 6.42 Å². The van der Waals surface area contributed by atoms with Crippen molar-refractivity contribution in [3.63, 3.8) is 0 Å². The van der Waals surface area contributed by atoms with Crippen LogP contribution in [0.2, 0.25) is 0 Å². The number of hydrogen-bond acceptors (Lipinski definition) is 4. The molecule has 0 saturated carbocycles. The predicted octanol–water partition coefficient (Wildman–Crippen LogP) is 16.7. The lowest BCUT2D eigenvalue weighted by molar-refractivity contribution is 0.997. The molecule has 13 rings (SSSR count). The van der Waals surface area contributed by atoms with Crippen molar-refractivity contribution in [2.24, 2.45) is 0 Å². The number of allylic oxidation sites excluding steroid dienone is 1. The SMILES string of the molecule is N#Cc1ccc(-n2c3ccc(N(c4ccccc4)c4ccccc4)cc3c3c4c(ccc32)C=CCC4)c(-n2c3ccc(N(c4ccccc4)c4ccccc4)cc3c3c4ccccc4ccc32)c1C#N. The topological polar surface area (TPSA) is 63.9 Å². The van der Waals surface area contributed by atoms with Crippen LogP contribution in [0.15, 0.2) is 224 Å². The Hall–Kier alpha value is -9.62. The lowest BCUT2D eigenvalue weighted by atomic mass is 9.93. The standard InChI is InChI=1S/C64H42N6/c65-41-45-31-36-61(69-57-37-32-50(67(46-19-5-1-6-20-46)47-21-7-2-8-22-47)39-54(57)62-52-27-15-13-17-43(52)29-34-59(62)69)64(56(45)42-66)70-58-38-33-51(68(48-23-9-3-10-24-48)49-25-11-4-12-26-49)40-55(58)63-53-28-16-14-18-44(53)30-35-60(63)70/h1-14,16-26,28-40H,15,27H2. The Labute approximate surface area is 405 Å². The fourth-order valence-electron chi connectivity index (χ4n) is 11.0. The lowest BCUT2D eigenvalue weighted by Crippen LogP contribution is -2.10. The zero-order chi connectivity index (χ0) is 46.7. The maximum absolute atomic E-state index is 11.4. The molecule has 12 aromatic rings. The van der Waals surface area contributed by atoms with E-state index in [0.717, 1.165) is 102 Å². The van der Waals surface area contributed by atoms with E-state index >= 15 is 0 Å². The van der Waals surface area contributed by atoms with E-state index in [-0.39, 0.29) is 0 Å². The molecule has 0 fully saturated rings. The van der Waals surface area contributed by atoms with E-state index in [9.17, 15) is 10.5 Å². The normalized spacial score (nSPS) is 12.1. The number of fused-ring (bicyclic) bond motifs is 10. The van der Waals surface area contributed by atoms with Crippen LogP contribution in [0.1, 0.15) is 28.7 Å². The van der Waals surface area contributed by atoms with Crippen molar-refractivity contribution in [2.75, 3.05) is 9.80 Å². The average Bonchev–Trinajstić information content (AvgIpc) is 3.94. The summed E-state index contributed by atoms with van der Waals surface area (Å²) in [5, 5.41) is 28.8. The highest BCUT2D eigenvalue weighted by Crippen LogP contribution is 2.47. The Bertz CT molecular complexity index is 4060. The first-order valence-corrected chi connectivity index (χ1v) is 23.7. The average molecular weight is 895 g/mol. The molecular weight excluding hydrogens is 853 g/mol. The van der Waals surface area contributed by atoms with Crippen molar-refractivity contribution in [3.05, 3.63) is 247 Å². The number of benzene rings is 10. The van der Waals surface area contributed by atoms with Gasteiger partial charge in [0.2, 0.25) is 0 Å². The van der Waals surface area contributed by atoms with Crippen LogP contribution in [0.5, 0.6) is 0 Å². The van der Waals surface area contributed by atoms with Crippen LogP contribution >= 0.6 is 0 Å². The molecule has 1 aliphatic carbocycles. The number of nitrogens with zero attached hydrogens (tertiary/aromatic N) is 6. The van der Waals surface area contributed by atoms with Gasteiger partial charge in [-0.15, -0.1) is 0 Å². The van der Waals surface area contributed by atoms with Gasteiger partial charge in [-0.3, -0.25) is 0 Å². The van der Waals surface area contributed by atoms with Crippen molar-refractivity contribution in [2.45, 2.75) is 12.8 Å². The minimum absolute atomic E-state index is 0.318. The Balaban J connectivity index is 1.13. The molecule has 0 radical (unpaired) electrons. The van der Waals surface area contributed by atoms with Gasteiger partial charge < -0.3 is 18.9 Å². The molecule has 2 heterocycles. The second-order valence-corrected chi connectivity index (χ2v) is 17.8. The van der Waals surface area contributed by atoms with Gasteiger partial charge in [0.25, 0.3) is 0 Å². The van der Waals surface area contributed by atoms with Crippen LogP contribution in [-0.4, -0.2) is 9.13 Å². The van der Waals surface area contributed by atoms with Crippen molar-refractivity contribution >= 4 is 94.6 Å². The summed E-state index contributed by atoms with van der Waals surface area (Å²) in [5.74, 6) is 0. The van der Waals surface area contributed by atoms with Gasteiger partial charge in [-0.25, -0.2) is 0 Å². The monoisotopic (exact) mass is 894 g/mol. The van der Waals surface area contributed by atoms with Crippen LogP contribution in [0.4, 0.5) is 34.1 Å². The van der Waals surface area contributed by atoms with E-state index in [0.29, 0.717) is 16.8 Å². The van der Waals surface area contributed by atoms with Crippen LogP contribution in [0.3, 0.4) is 0 Å². The Morgan fingerprint density at radius 2 is 0.929 bits per heavy atom. The highest BCUT2D eigenvalue weighted by molar-refractivity contribution is 6.22. The summed E-state index contributed by atoms with van der Waals surface area (Å²) < 4.78 is 4.57. The van der Waals surface area contributed by atoms with Crippen molar-refractivity contribution in [1.82, 2.24) is 9.13 Å². The smallest absolute Gasteiger partial charge is 0.103 e. The van der Waals surface area contributed by atoms with E-state index in [4.69, 9.17) is 0 Å². The number of nitriles is 2. The van der Waals surface area contributed by atoms with Crippen LogP contribution in [0, 0.1) is 22.7 Å². The molecule has 0 N–H and O–H groups in total. The second-order valence-electron chi connectivity index (χ2n) is 17.8. The van der Waals surface area contributed by atoms with Gasteiger partial charge in [-0.1, -0.05) is 121 Å². The second kappa shape index (κ2) is 16.6. The third-order valence-electron chi connectivity index (χ3n) is 14.0. The largest absolute Gasteiger partial charge is 0.310 e. The Morgan fingerprint density at radius 3 is 1.51 bits per heavy atom. The molecule has 10 aromatic carbocycles. The number of para-hydroxylation sites is 4. The number of anilines is 6. The first kappa shape index (κ1) is 40.6. The Kier molecular flexibility index (Phi) is 9.64. The van der Waals surface area contributed by atoms with Gasteiger partial charge >= 0.3 is 0 Å². The van der Waals surface area contributed by atoms with Gasteiger partial charge in [0, 0.05) is 55.7 Å². The van der Waals surface area contributed by atoms with Gasteiger partial charge in [0.05, 0.1) is 44.6 Å². The third kappa shape index (κ3) is 6.39. The fourth-order valence-corrected chi connectivity index (χ4v) is 11.0. The maximum Gasteiger partial charge on any atom is 0.103 e. The molecule has 0 saturated heterocycles. The fraction of sp³-hybridized carbons (Fsp3) is 0.0312. The molecule has 328 valence electrons. The number of aromatic nitrogens is 2. The van der Waals surface area contributed by atoms with Gasteiger partial charge in [0.15, 0.2) is 0 Å². The summed E-state index contributed by atoms with van der Waals surface area (Å²) >= 11 is 0. The predicted molar refractivity (Wildman–Crippen MR) is 289 cm³/mol. The molecule has 2 aromatic heterocycles. The molecule has 0 aliphatic heterocycles. The molecule has 0 atom stereocenters. The van der Waals surface area contributed by atoms with E-state index in [1.165, 1.54) is 16.5 Å². The quantitative estimate of drug-likeness (QED) is 0.152. The summed E-state index contributed by atoms with van der Waals surface area (Å²) in [4.78, 5) is 4.60. The first-order chi connectivity index (χ1) is 34.7. The molecule has 0 spiro atoms. The molecule has 6 heteroatoms. The molecule has 0 bridgehead atoms. The van der Waals surface area contributed by atoms with Gasteiger partial charge in [-0.05, 0) is 144 Å². The molecular formula is C64H42N6. The summed E-state index contributed by atoms with van der Waals surface area (Å²) in [6.45, 7) is 0. The van der Waals surface area contributed by atoms with Crippen molar-refractivity contribution in [1.29, 1.82) is 10.5 Å². The van der Waals surface area contributed by atoms with E-state index < -0.39 is 0 Å². The highest BCUT2D eigenvalue weighted by Gasteiger charge is 2.27. The van der Waals surface area contributed by atoms with E-state index in [2.05, 4.69) is 237 Å². The van der Waals surface area contributed by atoms with Crippen LogP contribution < -0.4 is 9.80 Å². The number of rotatable bonds is 8. The van der Waals surface area contributed by atoms with Crippen molar-refractivity contribution in [3.8, 4) is 23.5 Å². The summed E-state index contributed by atoms with van der Waals surface area (Å²) in [6, 6.07) is 81.5. The molecule has 6 nitrogen and oxygen atoms in total. The lowest BCUT2D eigenvalue weighted by Gasteiger charge is -2.26. The molecule has 70 heavy (non-hydrogen) atoms. The molecule has 0 unspecified atom stereocenters. The van der Waals surface area contributed by atoms with E-state index in [1.807, 2.05) is 24.3 Å². The minimum Gasteiger partial charge on any atom is -0.310 e. The zero-order valence-electron chi connectivity index (χ0n) is 38.0. The van der Waals surface area contributed by atoms with E-state index in [1.54, 1.807) is 0 Å². The molecule has 1 aliphatic rings. The summed E-state index contributed by atoms with van der Waals surface area (Å²) in [7, 11) is 0. The van der Waals surface area contributed by atoms with Gasteiger partial charge in [0.1, 0.15) is 12.1 Å². The molecule has 0 amide bonds. The maximum atomic E-state index is 11.4. The van der Waals surface area contributed by atoms with Gasteiger partial charge in [-0.2, -0.15) is 10.5 Å². The first-order valence-electron chi connectivity index (χ1n) is 23.7. The highest BCUT2D eigenvalue weighted by atomic mass is 15.2. The summed E-state index contributed by atoms with van der Waals surface area (Å²) in [5.41, 5.74) is 14.8. The van der Waals surface area contributed by atoms with Crippen molar-refractivity contribution < 1.29 is 0 Å². The summed E-state index contributed by atoms with van der Waals surface area (Å²) in [6.07, 6.45) is 6.37. The minimum atomic E-state index is 0.318. The number of hydrogen-bond donors (Lipinski definition) is 0. The van der Waals surface area contributed by atoms with Crippen LogP contribution in [0.25, 0.3) is 71.8 Å². The number of aryl methyl sites for hydroxylation is 1. The zero-order valence-corrected chi connectivity index (χ0v) is 38.0. The third-order valence-corrected chi connectivity index (χ3v) is 14.0. The Morgan fingerprint density at radius 1 is 0.414 bits per heavy atom.